The lowest BCUT2D eigenvalue weighted by atomic mass is 10.2. The first-order valence-corrected chi connectivity index (χ1v) is 7.78. The molecule has 4 nitrogen and oxygen atoms in total. The number of amides is 1. The highest BCUT2D eigenvalue weighted by atomic mass is 35.5. The van der Waals surface area contributed by atoms with Gasteiger partial charge >= 0.3 is 0 Å². The predicted octanol–water partition coefficient (Wildman–Crippen LogP) is 4.17. The lowest BCUT2D eigenvalue weighted by Gasteiger charge is -2.02. The number of halogens is 2. The van der Waals surface area contributed by atoms with E-state index in [1.54, 1.807) is 12.3 Å². The Bertz CT molecular complexity index is 825. The minimum absolute atomic E-state index is 0.196. The lowest BCUT2D eigenvalue weighted by Crippen LogP contribution is -2.22. The number of aryl methyl sites for hydroxylation is 1. The maximum absolute atomic E-state index is 12.3. The average molecular weight is 340 g/mol. The van der Waals surface area contributed by atoms with Gasteiger partial charge in [0.25, 0.3) is 5.91 Å². The number of aromatic nitrogens is 2. The van der Waals surface area contributed by atoms with Gasteiger partial charge in [-0.05, 0) is 19.1 Å². The van der Waals surface area contributed by atoms with Crippen molar-refractivity contribution in [2.75, 3.05) is 0 Å². The van der Waals surface area contributed by atoms with Crippen LogP contribution in [0, 0.1) is 6.92 Å². The van der Waals surface area contributed by atoms with Crippen LogP contribution in [0.5, 0.6) is 0 Å². The van der Waals surface area contributed by atoms with Gasteiger partial charge in [-0.25, -0.2) is 0 Å². The van der Waals surface area contributed by atoms with Crippen LogP contribution < -0.4 is 5.32 Å². The Hall–Kier alpha value is -1.56. The Morgan fingerprint density at radius 1 is 1.43 bits per heavy atom. The van der Waals surface area contributed by atoms with Crippen molar-refractivity contribution in [2.45, 2.75) is 13.5 Å². The van der Waals surface area contributed by atoms with Crippen LogP contribution in [0.25, 0.3) is 10.1 Å². The highest BCUT2D eigenvalue weighted by Gasteiger charge is 2.17. The van der Waals surface area contributed by atoms with Gasteiger partial charge in [-0.2, -0.15) is 5.10 Å². The van der Waals surface area contributed by atoms with Crippen molar-refractivity contribution < 1.29 is 4.79 Å². The quantitative estimate of drug-likeness (QED) is 0.752. The number of nitrogens with one attached hydrogen (secondary N) is 2. The largest absolute Gasteiger partial charge is 0.347 e. The fraction of sp³-hybridized carbons (Fsp3) is 0.143. The van der Waals surface area contributed by atoms with Crippen molar-refractivity contribution in [1.82, 2.24) is 15.5 Å². The summed E-state index contributed by atoms with van der Waals surface area (Å²) in [4.78, 5) is 12.8. The number of benzene rings is 1. The van der Waals surface area contributed by atoms with Gasteiger partial charge in [-0.3, -0.25) is 9.89 Å². The van der Waals surface area contributed by atoms with E-state index in [9.17, 15) is 4.79 Å². The molecule has 2 aromatic heterocycles. The van der Waals surface area contributed by atoms with Crippen LogP contribution >= 0.6 is 34.5 Å². The number of rotatable bonds is 3. The van der Waals surface area contributed by atoms with Gasteiger partial charge in [0.2, 0.25) is 0 Å². The molecule has 0 aliphatic rings. The molecule has 0 saturated carbocycles. The molecular formula is C14H11Cl2N3OS. The molecule has 108 valence electrons. The Morgan fingerprint density at radius 2 is 2.24 bits per heavy atom. The van der Waals surface area contributed by atoms with E-state index in [4.69, 9.17) is 23.2 Å². The second-order valence-electron chi connectivity index (χ2n) is 4.59. The molecule has 0 spiro atoms. The van der Waals surface area contributed by atoms with Crippen LogP contribution in [0.15, 0.2) is 24.4 Å². The molecule has 21 heavy (non-hydrogen) atoms. The van der Waals surface area contributed by atoms with Gasteiger partial charge in [0.05, 0.1) is 11.2 Å². The summed E-state index contributed by atoms with van der Waals surface area (Å²) in [7, 11) is 0. The summed E-state index contributed by atoms with van der Waals surface area (Å²) < 4.78 is 0.900. The second kappa shape index (κ2) is 5.67. The third-order valence-electron chi connectivity index (χ3n) is 3.17. The number of aromatic amines is 1. The molecule has 0 aliphatic carbocycles. The normalized spacial score (nSPS) is 11.0. The summed E-state index contributed by atoms with van der Waals surface area (Å²) in [5.74, 6) is -0.196. The second-order valence-corrected chi connectivity index (χ2v) is 6.46. The van der Waals surface area contributed by atoms with Gasteiger partial charge in [-0.1, -0.05) is 29.3 Å². The summed E-state index contributed by atoms with van der Waals surface area (Å²) in [5.41, 5.74) is 1.88. The number of thiophene rings is 1. The standard InChI is InChI=1S/C14H11Cl2N3OS/c1-7-8(6-18-19-7)5-17-14(20)13-12(16)10-3-2-9(15)4-11(10)21-13/h2-4,6H,5H2,1H3,(H,17,20)(H,18,19). The first kappa shape index (κ1) is 14.4. The number of nitrogens with zero attached hydrogens (tertiary/aromatic N) is 1. The third-order valence-corrected chi connectivity index (χ3v) is 5.06. The molecule has 3 aromatic rings. The summed E-state index contributed by atoms with van der Waals surface area (Å²) in [6.45, 7) is 2.31. The van der Waals surface area contributed by atoms with E-state index in [1.807, 2.05) is 19.1 Å². The smallest absolute Gasteiger partial charge is 0.263 e. The van der Waals surface area contributed by atoms with Crippen molar-refractivity contribution in [3.05, 3.63) is 50.6 Å². The zero-order chi connectivity index (χ0) is 15.0. The topological polar surface area (TPSA) is 57.8 Å². The summed E-state index contributed by atoms with van der Waals surface area (Å²) >= 11 is 13.6. The maximum atomic E-state index is 12.3. The molecule has 0 aliphatic heterocycles. The monoisotopic (exact) mass is 339 g/mol. The molecule has 2 N–H and O–H groups in total. The summed E-state index contributed by atoms with van der Waals surface area (Å²) in [5, 5.41) is 11.5. The number of fused-ring (bicyclic) bond motifs is 1. The number of hydrogen-bond donors (Lipinski definition) is 2. The first-order valence-electron chi connectivity index (χ1n) is 6.21. The number of hydrogen-bond acceptors (Lipinski definition) is 3. The van der Waals surface area contributed by atoms with Crippen molar-refractivity contribution in [3.63, 3.8) is 0 Å². The van der Waals surface area contributed by atoms with Crippen molar-refractivity contribution in [3.8, 4) is 0 Å². The van der Waals surface area contributed by atoms with Gasteiger partial charge in [-0.15, -0.1) is 11.3 Å². The molecule has 0 atom stereocenters. The van der Waals surface area contributed by atoms with E-state index in [-0.39, 0.29) is 5.91 Å². The molecule has 0 fully saturated rings. The number of H-pyrrole nitrogens is 1. The maximum Gasteiger partial charge on any atom is 0.263 e. The van der Waals surface area contributed by atoms with Crippen LogP contribution in [0.4, 0.5) is 0 Å². The van der Waals surface area contributed by atoms with E-state index in [0.717, 1.165) is 21.3 Å². The van der Waals surface area contributed by atoms with Crippen LogP contribution in [0.3, 0.4) is 0 Å². The fourth-order valence-corrected chi connectivity index (χ4v) is 3.70. The Kier molecular flexibility index (Phi) is 3.89. The van der Waals surface area contributed by atoms with E-state index in [1.165, 1.54) is 11.3 Å². The van der Waals surface area contributed by atoms with Crippen LogP contribution in [-0.4, -0.2) is 16.1 Å². The minimum Gasteiger partial charge on any atom is -0.347 e. The van der Waals surface area contributed by atoms with Crippen molar-refractivity contribution in [2.24, 2.45) is 0 Å². The fourth-order valence-electron chi connectivity index (χ4n) is 1.99. The Balaban J connectivity index is 1.84. The van der Waals surface area contributed by atoms with Crippen molar-refractivity contribution in [1.29, 1.82) is 0 Å². The van der Waals surface area contributed by atoms with Crippen LogP contribution in [-0.2, 0) is 6.54 Å². The molecule has 2 heterocycles. The Morgan fingerprint density at radius 3 is 2.95 bits per heavy atom. The average Bonchev–Trinajstić information content (AvgIpc) is 3.00. The van der Waals surface area contributed by atoms with Gasteiger partial charge in [0, 0.05) is 32.9 Å². The lowest BCUT2D eigenvalue weighted by molar-refractivity contribution is 0.0955. The molecule has 0 unspecified atom stereocenters. The van der Waals surface area contributed by atoms with Gasteiger partial charge < -0.3 is 5.32 Å². The predicted molar refractivity (Wildman–Crippen MR) is 86.3 cm³/mol. The molecule has 3 rings (SSSR count). The third kappa shape index (κ3) is 2.77. The SMILES string of the molecule is Cc1[nH]ncc1CNC(=O)c1sc2cc(Cl)ccc2c1Cl. The molecule has 1 amide bonds. The summed E-state index contributed by atoms with van der Waals surface area (Å²) in [6.07, 6.45) is 1.70. The van der Waals surface area contributed by atoms with E-state index < -0.39 is 0 Å². The minimum atomic E-state index is -0.196. The molecule has 0 saturated heterocycles. The molecule has 0 bridgehead atoms. The van der Waals surface area contributed by atoms with Gasteiger partial charge in [0.15, 0.2) is 0 Å². The zero-order valence-electron chi connectivity index (χ0n) is 11.0. The molecule has 7 heteroatoms. The van der Waals surface area contributed by atoms with E-state index >= 15 is 0 Å². The molecular weight excluding hydrogens is 329 g/mol. The zero-order valence-corrected chi connectivity index (χ0v) is 13.4. The van der Waals surface area contributed by atoms with Crippen LogP contribution in [0.1, 0.15) is 20.9 Å². The highest BCUT2D eigenvalue weighted by molar-refractivity contribution is 7.21. The number of carbonyl (C=O) groups excluding carboxylic acids is 1. The Labute approximate surface area is 135 Å². The van der Waals surface area contributed by atoms with Crippen LogP contribution in [0.2, 0.25) is 10.0 Å². The van der Waals surface area contributed by atoms with Gasteiger partial charge in [0.1, 0.15) is 4.88 Å². The van der Waals surface area contributed by atoms with E-state index in [2.05, 4.69) is 15.5 Å². The first-order chi connectivity index (χ1) is 10.1. The highest BCUT2D eigenvalue weighted by Crippen LogP contribution is 2.36. The van der Waals surface area contributed by atoms with Crippen molar-refractivity contribution >= 4 is 50.5 Å². The molecule has 0 radical (unpaired) electrons. The van der Waals surface area contributed by atoms with E-state index in [0.29, 0.717) is 21.5 Å². The number of carbonyl (C=O) groups is 1. The summed E-state index contributed by atoms with van der Waals surface area (Å²) in [6, 6.07) is 5.40. The molecule has 1 aromatic carbocycles.